The molecule has 1 saturated heterocycles. The molecule has 10 heteroatoms. The molecule has 0 atom stereocenters. The van der Waals surface area contributed by atoms with Crippen LogP contribution in [-0.2, 0) is 27.3 Å². The fourth-order valence-corrected chi connectivity index (χ4v) is 14.4. The van der Waals surface area contributed by atoms with Gasteiger partial charge >= 0.3 is 20.5 Å². The van der Waals surface area contributed by atoms with Crippen molar-refractivity contribution in [1.29, 1.82) is 0 Å². The van der Waals surface area contributed by atoms with Gasteiger partial charge in [-0.05, 0) is 75.8 Å². The van der Waals surface area contributed by atoms with E-state index >= 15 is 0 Å². The molecule has 7 nitrogen and oxygen atoms in total. The lowest BCUT2D eigenvalue weighted by atomic mass is 10.2. The Morgan fingerprint density at radius 2 is 1.40 bits per heavy atom. The van der Waals surface area contributed by atoms with E-state index in [-0.39, 0.29) is 6.42 Å². The van der Waals surface area contributed by atoms with Gasteiger partial charge in [0.15, 0.2) is 16.6 Å². The molecule has 0 radical (unpaired) electrons. The van der Waals surface area contributed by atoms with Gasteiger partial charge in [0.25, 0.3) is 6.29 Å². The van der Waals surface area contributed by atoms with E-state index in [4.69, 9.17) is 22.4 Å². The molecule has 0 spiro atoms. The summed E-state index contributed by atoms with van der Waals surface area (Å²) in [6.07, 6.45) is 0.594. The van der Waals surface area contributed by atoms with Gasteiger partial charge in [-0.25, -0.2) is 0 Å². The Balaban J connectivity index is 1.96. The molecule has 1 aliphatic rings. The van der Waals surface area contributed by atoms with Crippen molar-refractivity contribution in [3.63, 3.8) is 0 Å². The minimum absolute atomic E-state index is 0.352. The van der Waals surface area contributed by atoms with Crippen LogP contribution in [0.15, 0.2) is 36.0 Å². The van der Waals surface area contributed by atoms with Gasteiger partial charge < -0.3 is 22.4 Å². The van der Waals surface area contributed by atoms with Gasteiger partial charge in [0, 0.05) is 5.56 Å². The second-order valence-corrected chi connectivity index (χ2v) is 21.7. The fraction of sp³-hybridized carbons (Fsp3) is 0.500. The molecule has 1 aliphatic heterocycles. The first kappa shape index (κ1) is 24.5. The summed E-state index contributed by atoms with van der Waals surface area (Å²) < 4.78 is 28.7. The zero-order valence-electron chi connectivity index (χ0n) is 18.8. The van der Waals surface area contributed by atoms with Crippen LogP contribution in [0.3, 0.4) is 0 Å². The van der Waals surface area contributed by atoms with Crippen molar-refractivity contribution < 1.29 is 32.0 Å². The minimum Gasteiger partial charge on any atom is -0.490 e. The zero-order chi connectivity index (χ0) is 22.6. The Kier molecular flexibility index (Phi) is 7.85. The van der Waals surface area contributed by atoms with Crippen LogP contribution >= 0.6 is 0 Å². The predicted octanol–water partition coefficient (Wildman–Crippen LogP) is 4.42. The predicted molar refractivity (Wildman–Crippen MR) is 121 cm³/mol. The van der Waals surface area contributed by atoms with Crippen molar-refractivity contribution in [2.24, 2.45) is 0 Å². The topological polar surface area (TPSA) is 80.3 Å². The molecule has 0 aliphatic carbocycles. The van der Waals surface area contributed by atoms with Crippen molar-refractivity contribution in [2.75, 3.05) is 6.61 Å². The summed E-state index contributed by atoms with van der Waals surface area (Å²) in [4.78, 5) is 22.8. The molecule has 0 unspecified atom stereocenters. The summed E-state index contributed by atoms with van der Waals surface area (Å²) >= 11 is 0. The van der Waals surface area contributed by atoms with Crippen LogP contribution in [-0.4, -0.2) is 43.7 Å². The number of ether oxygens (including phenoxy) is 3. The van der Waals surface area contributed by atoms with Crippen molar-refractivity contribution in [3.05, 3.63) is 41.6 Å². The molecule has 1 fully saturated rings. The van der Waals surface area contributed by atoms with Crippen molar-refractivity contribution in [3.8, 4) is 5.75 Å². The maximum Gasteiger partial charge on any atom is 0.341 e. The Morgan fingerprint density at radius 1 is 0.900 bits per heavy atom. The van der Waals surface area contributed by atoms with E-state index in [2.05, 4.69) is 51.5 Å². The van der Waals surface area contributed by atoms with E-state index in [1.807, 2.05) is 6.08 Å². The Bertz CT molecular complexity index is 747. The van der Waals surface area contributed by atoms with Crippen molar-refractivity contribution in [1.82, 2.24) is 0 Å². The Hall–Kier alpha value is -1.73. The molecule has 0 N–H and O–H groups in total. The lowest BCUT2D eigenvalue weighted by Crippen LogP contribution is -2.51. The summed E-state index contributed by atoms with van der Waals surface area (Å²) in [5, 5.41) is 0. The zero-order valence-corrected chi connectivity index (χ0v) is 21.8. The van der Waals surface area contributed by atoms with E-state index in [0.29, 0.717) is 17.9 Å². The summed E-state index contributed by atoms with van der Waals surface area (Å²) in [7, 11) is -5.95. The van der Waals surface area contributed by atoms with Gasteiger partial charge in [-0.1, -0.05) is 6.08 Å². The lowest BCUT2D eigenvalue weighted by Gasteiger charge is -2.36. The highest BCUT2D eigenvalue weighted by atomic mass is 28.5. The van der Waals surface area contributed by atoms with E-state index in [1.165, 1.54) is 0 Å². The van der Waals surface area contributed by atoms with Gasteiger partial charge in [0.05, 0.1) is 0 Å². The van der Waals surface area contributed by atoms with Crippen LogP contribution < -0.4 is 4.74 Å². The maximum atomic E-state index is 11.4. The average Bonchev–Trinajstić information content (AvgIpc) is 2.55. The molecular formula is C20H32O7Si3. The molecule has 30 heavy (non-hydrogen) atoms. The van der Waals surface area contributed by atoms with Gasteiger partial charge in [-0.3, -0.25) is 9.59 Å². The van der Waals surface area contributed by atoms with Crippen LogP contribution in [0.25, 0.3) is 0 Å². The SMILES string of the molecule is C[Si](C)(C)O[Si](C)(C=CCOc1ccc(C2OC(=O)CC(=O)O2)cc1)O[Si](C)(C)C. The summed E-state index contributed by atoms with van der Waals surface area (Å²) in [5.74, 6) is -0.525. The second-order valence-electron chi connectivity index (χ2n) is 9.22. The van der Waals surface area contributed by atoms with E-state index in [9.17, 15) is 9.59 Å². The minimum atomic E-state index is -2.44. The van der Waals surface area contributed by atoms with Gasteiger partial charge in [-0.2, -0.15) is 0 Å². The number of rotatable bonds is 9. The largest absolute Gasteiger partial charge is 0.490 e. The molecule has 1 heterocycles. The number of carbonyl (C=O) groups excluding carboxylic acids is 2. The summed E-state index contributed by atoms with van der Waals surface area (Å²) in [6.45, 7) is 15.5. The quantitative estimate of drug-likeness (QED) is 0.301. The van der Waals surface area contributed by atoms with Crippen LogP contribution in [0, 0.1) is 0 Å². The molecule has 0 amide bonds. The standard InChI is InChI=1S/C20H32O7Si3/c1-28(2,3)26-30(7,27-29(4,5)6)14-8-13-23-17-11-9-16(10-12-17)20-24-18(21)15-19(22)25-20/h8-12,14,20H,13,15H2,1-7H3. The Morgan fingerprint density at radius 3 is 1.87 bits per heavy atom. The summed E-state index contributed by atoms with van der Waals surface area (Å²) in [6, 6.07) is 6.90. The monoisotopic (exact) mass is 468 g/mol. The number of hydrogen-bond acceptors (Lipinski definition) is 7. The van der Waals surface area contributed by atoms with E-state index in [1.54, 1.807) is 24.3 Å². The molecule has 0 bridgehead atoms. The molecular weight excluding hydrogens is 436 g/mol. The molecule has 1 aromatic rings. The van der Waals surface area contributed by atoms with Gasteiger partial charge in [0.2, 0.25) is 0 Å². The van der Waals surface area contributed by atoms with Crippen LogP contribution in [0.5, 0.6) is 5.75 Å². The number of benzene rings is 1. The first-order valence-electron chi connectivity index (χ1n) is 9.94. The van der Waals surface area contributed by atoms with Crippen LogP contribution in [0.2, 0.25) is 45.8 Å². The highest BCUT2D eigenvalue weighted by Gasteiger charge is 2.38. The highest BCUT2D eigenvalue weighted by molar-refractivity contribution is 6.89. The normalized spacial score (nSPS) is 16.5. The second kappa shape index (κ2) is 9.60. The lowest BCUT2D eigenvalue weighted by molar-refractivity contribution is -0.204. The van der Waals surface area contributed by atoms with Crippen LogP contribution in [0.4, 0.5) is 0 Å². The number of esters is 2. The van der Waals surface area contributed by atoms with Crippen molar-refractivity contribution in [2.45, 2.75) is 58.5 Å². The Labute approximate surface area is 181 Å². The fourth-order valence-electron chi connectivity index (χ4n) is 3.03. The third-order valence-corrected chi connectivity index (χ3v) is 12.7. The number of carbonyl (C=O) groups is 2. The molecule has 2 rings (SSSR count). The van der Waals surface area contributed by atoms with Crippen molar-refractivity contribution >= 4 is 37.1 Å². The van der Waals surface area contributed by atoms with Gasteiger partial charge in [-0.15, -0.1) is 0 Å². The maximum absolute atomic E-state index is 11.4. The van der Waals surface area contributed by atoms with Gasteiger partial charge in [0.1, 0.15) is 18.8 Å². The average molecular weight is 469 g/mol. The smallest absolute Gasteiger partial charge is 0.341 e. The molecule has 0 aromatic heterocycles. The molecule has 166 valence electrons. The third kappa shape index (κ3) is 8.56. The highest BCUT2D eigenvalue weighted by Crippen LogP contribution is 2.26. The first-order valence-corrected chi connectivity index (χ1v) is 19.2. The number of cyclic esters (lactones) is 2. The molecule has 0 saturated carbocycles. The number of hydrogen-bond donors (Lipinski definition) is 0. The van der Waals surface area contributed by atoms with Crippen LogP contribution in [0.1, 0.15) is 18.3 Å². The summed E-state index contributed by atoms with van der Waals surface area (Å²) in [5.41, 5.74) is 2.63. The van der Waals surface area contributed by atoms with E-state index < -0.39 is 43.4 Å². The third-order valence-electron chi connectivity index (χ3n) is 3.70. The molecule has 1 aromatic carbocycles. The van der Waals surface area contributed by atoms with E-state index in [0.717, 1.165) is 0 Å². The first-order chi connectivity index (χ1) is 13.7.